The number of imidazole rings is 1. The van der Waals surface area contributed by atoms with E-state index in [-0.39, 0.29) is 24.3 Å². The number of rotatable bonds is 9. The van der Waals surface area contributed by atoms with Crippen molar-refractivity contribution in [2.75, 3.05) is 20.2 Å². The fourth-order valence-corrected chi connectivity index (χ4v) is 7.03. The number of aromatic nitrogens is 3. The first-order chi connectivity index (χ1) is 22.8. The molecule has 2 N–H and O–H groups in total. The molecule has 0 radical (unpaired) electrons. The van der Waals surface area contributed by atoms with E-state index < -0.39 is 12.7 Å². The van der Waals surface area contributed by atoms with E-state index in [4.69, 9.17) is 18.9 Å². The average Bonchev–Trinajstić information content (AvgIpc) is 3.88. The number of hydrogen-bond acceptors (Lipinski definition) is 8. The maximum Gasteiger partial charge on any atom is 0.387 e. The number of fused-ring (bicyclic) bond motifs is 1. The molecule has 2 aliphatic rings. The number of hydrogen-bond donors (Lipinski definition) is 2. The van der Waals surface area contributed by atoms with Crippen LogP contribution in [0.1, 0.15) is 54.2 Å². The number of H-pyrrole nitrogens is 1. The number of esters is 1. The second-order valence-corrected chi connectivity index (χ2v) is 12.3. The molecule has 244 valence electrons. The van der Waals surface area contributed by atoms with Gasteiger partial charge < -0.3 is 24.2 Å². The van der Waals surface area contributed by atoms with Crippen molar-refractivity contribution in [1.29, 1.82) is 0 Å². The van der Waals surface area contributed by atoms with Crippen molar-refractivity contribution in [1.82, 2.24) is 25.2 Å². The third kappa shape index (κ3) is 6.01. The van der Waals surface area contributed by atoms with E-state index in [1.54, 1.807) is 6.07 Å². The van der Waals surface area contributed by atoms with Crippen molar-refractivity contribution in [2.45, 2.75) is 64.8 Å². The largest absolute Gasteiger partial charge is 0.468 e. The average molecular weight is 642 g/mol. The van der Waals surface area contributed by atoms with Gasteiger partial charge in [0.15, 0.2) is 5.58 Å². The van der Waals surface area contributed by atoms with Crippen LogP contribution in [-0.2, 0) is 16.1 Å². The normalized spacial score (nSPS) is 18.4. The maximum absolute atomic E-state index is 13.5. The van der Waals surface area contributed by atoms with Gasteiger partial charge in [0, 0.05) is 29.3 Å². The molecule has 0 aliphatic carbocycles. The Morgan fingerprint density at radius 1 is 1.04 bits per heavy atom. The van der Waals surface area contributed by atoms with Crippen molar-refractivity contribution >= 4 is 17.1 Å². The van der Waals surface area contributed by atoms with E-state index in [0.717, 1.165) is 70.7 Å². The van der Waals surface area contributed by atoms with Gasteiger partial charge in [-0.2, -0.15) is 8.78 Å². The molecule has 47 heavy (non-hydrogen) atoms. The Labute approximate surface area is 271 Å². The molecular weight excluding hydrogens is 604 g/mol. The summed E-state index contributed by atoms with van der Waals surface area (Å²) >= 11 is 0. The molecule has 5 aromatic rings. The van der Waals surface area contributed by atoms with Gasteiger partial charge in [0.25, 0.3) is 0 Å². The van der Waals surface area contributed by atoms with Gasteiger partial charge in [-0.3, -0.25) is 9.69 Å². The summed E-state index contributed by atoms with van der Waals surface area (Å²) in [6.45, 7) is 3.01. The summed E-state index contributed by atoms with van der Waals surface area (Å²) in [7, 11) is 1.35. The number of ether oxygens (including phenoxy) is 2. The van der Waals surface area contributed by atoms with Crippen molar-refractivity contribution in [3.8, 4) is 39.6 Å². The van der Waals surface area contributed by atoms with Gasteiger partial charge in [-0.05, 0) is 87.0 Å². The predicted octanol–water partition coefficient (Wildman–Crippen LogP) is 7.33. The Hall–Kier alpha value is -4.61. The second kappa shape index (κ2) is 12.9. The summed E-state index contributed by atoms with van der Waals surface area (Å²) in [6.07, 6.45) is 5.58. The number of benzene rings is 3. The molecular formula is C36H37F2N5O4. The number of halogens is 2. The van der Waals surface area contributed by atoms with E-state index in [2.05, 4.69) is 46.5 Å². The number of carbonyl (C=O) groups is 1. The second-order valence-electron chi connectivity index (χ2n) is 12.3. The van der Waals surface area contributed by atoms with E-state index in [9.17, 15) is 13.6 Å². The van der Waals surface area contributed by atoms with Crippen molar-refractivity contribution in [3.63, 3.8) is 0 Å². The first kappa shape index (κ1) is 31.0. The van der Waals surface area contributed by atoms with Gasteiger partial charge >= 0.3 is 12.6 Å². The molecule has 2 aliphatic heterocycles. The van der Waals surface area contributed by atoms with Crippen LogP contribution in [0.25, 0.3) is 44.9 Å². The SMILES string of the molecule is COC(=O)[C@@H]1CCCN1Cc1cc2nc(-c3cccc(-c4cccc(-c5cnc([C@@H]6CCCN6)[nH]5)c4C)c3C)oc2cc1OC(F)F. The number of alkyl halides is 2. The molecule has 2 aromatic heterocycles. The van der Waals surface area contributed by atoms with E-state index in [1.165, 1.54) is 13.2 Å². The number of oxazole rings is 1. The summed E-state index contributed by atoms with van der Waals surface area (Å²) in [5.41, 5.74) is 8.40. The standard InChI is InChI=1S/C36H37F2N5O4/c1-20-23(8-4-10-25(20)29-18-40-33(41-29)27-12-6-14-39-27)24-9-5-11-26(21(24)2)34-42-28-16-22(31(47-36(37)38)17-32(28)46-34)19-43-15-7-13-30(43)35(44)45-3/h4-5,8-11,16-18,27,30,36,39H,6-7,12-15,19H2,1-3H3,(H,40,41)/t27-,30-/m0/s1. The van der Waals surface area contributed by atoms with Crippen LogP contribution in [0.5, 0.6) is 5.75 Å². The fraction of sp³-hybridized carbons (Fsp3) is 0.361. The highest BCUT2D eigenvalue weighted by Crippen LogP contribution is 2.39. The zero-order valence-corrected chi connectivity index (χ0v) is 26.6. The number of methoxy groups -OCH3 is 1. The number of carbonyl (C=O) groups excluding carboxylic acids is 1. The first-order valence-corrected chi connectivity index (χ1v) is 16.0. The van der Waals surface area contributed by atoms with Gasteiger partial charge in [-0.25, -0.2) is 9.97 Å². The van der Waals surface area contributed by atoms with Crippen molar-refractivity contribution < 1.29 is 27.5 Å². The van der Waals surface area contributed by atoms with Crippen molar-refractivity contribution in [2.24, 2.45) is 0 Å². The van der Waals surface area contributed by atoms with Crippen LogP contribution in [0.15, 0.2) is 59.1 Å². The Morgan fingerprint density at radius 2 is 1.79 bits per heavy atom. The van der Waals surface area contributed by atoms with Gasteiger partial charge in [0.2, 0.25) is 5.89 Å². The van der Waals surface area contributed by atoms with Gasteiger partial charge in [-0.15, -0.1) is 0 Å². The van der Waals surface area contributed by atoms with Gasteiger partial charge in [0.1, 0.15) is 23.1 Å². The molecule has 0 spiro atoms. The molecule has 7 rings (SSSR count). The number of nitrogens with one attached hydrogen (secondary N) is 2. The minimum absolute atomic E-state index is 0.00527. The van der Waals surface area contributed by atoms with E-state index in [0.29, 0.717) is 35.5 Å². The quantitative estimate of drug-likeness (QED) is 0.161. The highest BCUT2D eigenvalue weighted by Gasteiger charge is 2.32. The fourth-order valence-electron chi connectivity index (χ4n) is 7.03. The van der Waals surface area contributed by atoms with Crippen LogP contribution in [0.2, 0.25) is 0 Å². The topological polar surface area (TPSA) is 106 Å². The first-order valence-electron chi connectivity index (χ1n) is 16.0. The highest BCUT2D eigenvalue weighted by molar-refractivity contribution is 5.84. The minimum Gasteiger partial charge on any atom is -0.468 e. The summed E-state index contributed by atoms with van der Waals surface area (Å²) < 4.78 is 43.0. The zero-order valence-electron chi connectivity index (χ0n) is 26.6. The Morgan fingerprint density at radius 3 is 2.51 bits per heavy atom. The Bertz CT molecular complexity index is 1930. The lowest BCUT2D eigenvalue weighted by atomic mass is 9.91. The lowest BCUT2D eigenvalue weighted by molar-refractivity contribution is -0.146. The van der Waals surface area contributed by atoms with Crippen LogP contribution in [0.4, 0.5) is 8.78 Å². The molecule has 2 fully saturated rings. The van der Waals surface area contributed by atoms with Crippen LogP contribution >= 0.6 is 0 Å². The molecule has 2 atom stereocenters. The number of likely N-dealkylation sites (tertiary alicyclic amines) is 1. The highest BCUT2D eigenvalue weighted by atomic mass is 19.3. The third-order valence-corrected chi connectivity index (χ3v) is 9.46. The van der Waals surface area contributed by atoms with Crippen LogP contribution < -0.4 is 10.1 Å². The lowest BCUT2D eigenvalue weighted by Gasteiger charge is -2.23. The van der Waals surface area contributed by atoms with E-state index >= 15 is 0 Å². The van der Waals surface area contributed by atoms with Gasteiger partial charge in [0.05, 0.1) is 25.0 Å². The number of aromatic amines is 1. The van der Waals surface area contributed by atoms with E-state index in [1.807, 2.05) is 30.2 Å². The molecule has 4 heterocycles. The number of nitrogens with zero attached hydrogens (tertiary/aromatic N) is 3. The molecule has 11 heteroatoms. The van der Waals surface area contributed by atoms with Gasteiger partial charge in [-0.1, -0.05) is 30.3 Å². The molecule has 2 saturated heterocycles. The summed E-state index contributed by atoms with van der Waals surface area (Å²) in [6, 6.07) is 15.2. The smallest absolute Gasteiger partial charge is 0.387 e. The monoisotopic (exact) mass is 641 g/mol. The minimum atomic E-state index is -3.02. The maximum atomic E-state index is 13.5. The molecule has 0 unspecified atom stereocenters. The molecule has 0 bridgehead atoms. The summed E-state index contributed by atoms with van der Waals surface area (Å²) in [5, 5.41) is 3.50. The van der Waals surface area contributed by atoms with Crippen molar-refractivity contribution in [3.05, 3.63) is 77.2 Å². The Balaban J connectivity index is 1.22. The Kier molecular flexibility index (Phi) is 8.50. The molecule has 3 aromatic carbocycles. The summed E-state index contributed by atoms with van der Waals surface area (Å²) in [4.78, 5) is 27.2. The van der Waals surface area contributed by atoms with Crippen LogP contribution in [0.3, 0.4) is 0 Å². The third-order valence-electron chi connectivity index (χ3n) is 9.46. The van der Waals surface area contributed by atoms with Crippen LogP contribution in [-0.4, -0.2) is 58.7 Å². The molecule has 0 saturated carbocycles. The molecule has 0 amide bonds. The molecule has 9 nitrogen and oxygen atoms in total. The zero-order chi connectivity index (χ0) is 32.7. The summed E-state index contributed by atoms with van der Waals surface area (Å²) in [5.74, 6) is 0.999. The lowest BCUT2D eigenvalue weighted by Crippen LogP contribution is -2.36. The van der Waals surface area contributed by atoms with Crippen LogP contribution in [0, 0.1) is 13.8 Å². The predicted molar refractivity (Wildman–Crippen MR) is 174 cm³/mol.